The van der Waals surface area contributed by atoms with E-state index in [1.807, 2.05) is 12.1 Å². The van der Waals surface area contributed by atoms with Crippen LogP contribution < -0.4 is 5.73 Å². The summed E-state index contributed by atoms with van der Waals surface area (Å²) in [6.07, 6.45) is 2.66. The van der Waals surface area contributed by atoms with Gasteiger partial charge < -0.3 is 5.73 Å². The smallest absolute Gasteiger partial charge is 0.119 e. The van der Waals surface area contributed by atoms with Gasteiger partial charge in [-0.25, -0.2) is 4.98 Å². The Morgan fingerprint density at radius 3 is 2.59 bits per heavy atom. The fraction of sp³-hybridized carbons (Fsp3) is 0.154. The first-order valence-electron chi connectivity index (χ1n) is 5.37. The van der Waals surface area contributed by atoms with Crippen LogP contribution in [-0.4, -0.2) is 11.5 Å². The Bertz CT molecular complexity index is 485. The molecule has 0 saturated heterocycles. The van der Waals surface area contributed by atoms with Crippen molar-refractivity contribution in [2.24, 2.45) is 5.73 Å². The van der Waals surface area contributed by atoms with Gasteiger partial charge in [0.25, 0.3) is 0 Å². The molecule has 0 spiro atoms. The number of hydrogen-bond donors (Lipinski definition) is 1. The normalized spacial score (nSPS) is 10.5. The third-order valence-electron chi connectivity index (χ3n) is 2.30. The molecule has 0 amide bonds. The van der Waals surface area contributed by atoms with Gasteiger partial charge in [0.05, 0.1) is 5.02 Å². The third-order valence-corrected chi connectivity index (χ3v) is 3.74. The summed E-state index contributed by atoms with van der Waals surface area (Å²) in [5.74, 6) is 0. The third kappa shape index (κ3) is 3.46. The summed E-state index contributed by atoms with van der Waals surface area (Å²) in [6, 6.07) is 12.0. The second-order valence-corrected chi connectivity index (χ2v) is 5.04. The SMILES string of the molecule is NCCc1ccc(Sc2ncccc2Cl)cc1. The second kappa shape index (κ2) is 6.05. The van der Waals surface area contributed by atoms with Crippen molar-refractivity contribution in [2.75, 3.05) is 6.54 Å². The molecule has 4 heteroatoms. The lowest BCUT2D eigenvalue weighted by molar-refractivity contribution is 0.966. The zero-order chi connectivity index (χ0) is 12.1. The standard InChI is InChI=1S/C13H13ClN2S/c14-12-2-1-9-16-13(12)17-11-5-3-10(4-6-11)7-8-15/h1-6,9H,7-8,15H2. The van der Waals surface area contributed by atoms with Crippen molar-refractivity contribution in [3.8, 4) is 0 Å². The lowest BCUT2D eigenvalue weighted by atomic mass is 10.2. The highest BCUT2D eigenvalue weighted by Gasteiger charge is 2.03. The van der Waals surface area contributed by atoms with Crippen LogP contribution in [0.25, 0.3) is 0 Å². The number of benzene rings is 1. The van der Waals surface area contributed by atoms with E-state index < -0.39 is 0 Å². The number of pyridine rings is 1. The van der Waals surface area contributed by atoms with Crippen LogP contribution in [-0.2, 0) is 6.42 Å². The van der Waals surface area contributed by atoms with Crippen molar-refractivity contribution < 1.29 is 0 Å². The van der Waals surface area contributed by atoms with E-state index in [0.29, 0.717) is 11.6 Å². The molecule has 0 aliphatic heterocycles. The molecule has 1 aromatic carbocycles. The monoisotopic (exact) mass is 264 g/mol. The Morgan fingerprint density at radius 2 is 1.94 bits per heavy atom. The molecule has 0 saturated carbocycles. The van der Waals surface area contributed by atoms with Crippen LogP contribution in [0.5, 0.6) is 0 Å². The summed E-state index contributed by atoms with van der Waals surface area (Å²) in [4.78, 5) is 5.37. The van der Waals surface area contributed by atoms with Crippen LogP contribution in [0, 0.1) is 0 Å². The maximum atomic E-state index is 6.06. The molecular formula is C13H13ClN2S. The molecule has 1 heterocycles. The fourth-order valence-corrected chi connectivity index (χ4v) is 2.46. The Labute approximate surface area is 110 Å². The van der Waals surface area contributed by atoms with Crippen LogP contribution in [0.1, 0.15) is 5.56 Å². The molecule has 2 rings (SSSR count). The van der Waals surface area contributed by atoms with Gasteiger partial charge in [-0.3, -0.25) is 0 Å². The van der Waals surface area contributed by atoms with Crippen molar-refractivity contribution in [2.45, 2.75) is 16.3 Å². The van der Waals surface area contributed by atoms with Gasteiger partial charge in [-0.15, -0.1) is 0 Å². The lowest BCUT2D eigenvalue weighted by Crippen LogP contribution is -2.02. The molecule has 0 bridgehead atoms. The average Bonchev–Trinajstić information content (AvgIpc) is 2.35. The molecule has 2 N–H and O–H groups in total. The first kappa shape index (κ1) is 12.4. The molecule has 0 unspecified atom stereocenters. The van der Waals surface area contributed by atoms with Crippen LogP contribution in [0.15, 0.2) is 52.5 Å². The van der Waals surface area contributed by atoms with E-state index in [1.165, 1.54) is 5.56 Å². The first-order chi connectivity index (χ1) is 8.29. The summed E-state index contributed by atoms with van der Waals surface area (Å²) in [7, 11) is 0. The van der Waals surface area contributed by atoms with Crippen molar-refractivity contribution in [3.05, 3.63) is 53.2 Å². The Hall–Kier alpha value is -1.03. The first-order valence-corrected chi connectivity index (χ1v) is 6.56. The van der Waals surface area contributed by atoms with Crippen molar-refractivity contribution >= 4 is 23.4 Å². The molecule has 0 radical (unpaired) electrons. The maximum absolute atomic E-state index is 6.06. The number of rotatable bonds is 4. The second-order valence-electron chi connectivity index (χ2n) is 3.58. The largest absolute Gasteiger partial charge is 0.330 e. The lowest BCUT2D eigenvalue weighted by Gasteiger charge is -2.04. The summed E-state index contributed by atoms with van der Waals surface area (Å²) in [5, 5.41) is 1.52. The quantitative estimate of drug-likeness (QED) is 0.920. The molecule has 1 aromatic heterocycles. The van der Waals surface area contributed by atoms with E-state index in [9.17, 15) is 0 Å². The summed E-state index contributed by atoms with van der Waals surface area (Å²) >= 11 is 7.62. The molecule has 2 nitrogen and oxygen atoms in total. The highest BCUT2D eigenvalue weighted by molar-refractivity contribution is 7.99. The summed E-state index contributed by atoms with van der Waals surface area (Å²) in [6.45, 7) is 0.679. The summed E-state index contributed by atoms with van der Waals surface area (Å²) < 4.78 is 0. The van der Waals surface area contributed by atoms with Gasteiger partial charge in [-0.05, 0) is 42.8 Å². The van der Waals surface area contributed by atoms with E-state index in [0.717, 1.165) is 16.3 Å². The van der Waals surface area contributed by atoms with Gasteiger partial charge >= 0.3 is 0 Å². The number of nitrogens with zero attached hydrogens (tertiary/aromatic N) is 1. The number of halogens is 1. The van der Waals surface area contributed by atoms with Gasteiger partial charge in [0, 0.05) is 11.1 Å². The number of hydrogen-bond acceptors (Lipinski definition) is 3. The number of nitrogens with two attached hydrogens (primary N) is 1. The average molecular weight is 265 g/mol. The van der Waals surface area contributed by atoms with E-state index in [1.54, 1.807) is 18.0 Å². The van der Waals surface area contributed by atoms with E-state index >= 15 is 0 Å². The number of aromatic nitrogens is 1. The zero-order valence-electron chi connectivity index (χ0n) is 9.27. The highest BCUT2D eigenvalue weighted by atomic mass is 35.5. The minimum Gasteiger partial charge on any atom is -0.330 e. The minimum atomic E-state index is 0.679. The Balaban J connectivity index is 2.11. The molecular weight excluding hydrogens is 252 g/mol. The molecule has 17 heavy (non-hydrogen) atoms. The predicted molar refractivity (Wildman–Crippen MR) is 72.6 cm³/mol. The molecule has 0 fully saturated rings. The fourth-order valence-electron chi connectivity index (χ4n) is 1.45. The predicted octanol–water partition coefficient (Wildman–Crippen LogP) is 3.39. The van der Waals surface area contributed by atoms with Gasteiger partial charge in [-0.1, -0.05) is 35.5 Å². The minimum absolute atomic E-state index is 0.679. The van der Waals surface area contributed by atoms with Gasteiger partial charge in [-0.2, -0.15) is 0 Å². The van der Waals surface area contributed by atoms with Gasteiger partial charge in [0.15, 0.2) is 0 Å². The van der Waals surface area contributed by atoms with Gasteiger partial charge in [0.2, 0.25) is 0 Å². The van der Waals surface area contributed by atoms with Crippen LogP contribution >= 0.6 is 23.4 Å². The summed E-state index contributed by atoms with van der Waals surface area (Å²) in [5.41, 5.74) is 6.76. The highest BCUT2D eigenvalue weighted by Crippen LogP contribution is 2.31. The van der Waals surface area contributed by atoms with Crippen LogP contribution in [0.3, 0.4) is 0 Å². The molecule has 0 atom stereocenters. The van der Waals surface area contributed by atoms with Crippen molar-refractivity contribution in [3.63, 3.8) is 0 Å². The molecule has 88 valence electrons. The van der Waals surface area contributed by atoms with Crippen molar-refractivity contribution in [1.82, 2.24) is 4.98 Å². The Kier molecular flexibility index (Phi) is 4.42. The van der Waals surface area contributed by atoms with E-state index in [2.05, 4.69) is 29.2 Å². The van der Waals surface area contributed by atoms with Crippen LogP contribution in [0.2, 0.25) is 5.02 Å². The Morgan fingerprint density at radius 1 is 1.18 bits per heavy atom. The molecule has 0 aliphatic rings. The van der Waals surface area contributed by atoms with Gasteiger partial charge in [0.1, 0.15) is 5.03 Å². The van der Waals surface area contributed by atoms with E-state index in [4.69, 9.17) is 17.3 Å². The van der Waals surface area contributed by atoms with Crippen molar-refractivity contribution in [1.29, 1.82) is 0 Å². The zero-order valence-corrected chi connectivity index (χ0v) is 10.8. The topological polar surface area (TPSA) is 38.9 Å². The maximum Gasteiger partial charge on any atom is 0.119 e. The molecule has 2 aromatic rings. The molecule has 0 aliphatic carbocycles. The van der Waals surface area contributed by atoms with Crippen LogP contribution in [0.4, 0.5) is 0 Å². The van der Waals surface area contributed by atoms with E-state index in [-0.39, 0.29) is 0 Å².